The summed E-state index contributed by atoms with van der Waals surface area (Å²) in [6, 6.07) is 7.64. The Morgan fingerprint density at radius 1 is 1.33 bits per heavy atom. The minimum atomic E-state index is 0.0797. The number of nitrogens with zero attached hydrogens (tertiary/aromatic N) is 4. The van der Waals surface area contributed by atoms with Crippen molar-refractivity contribution in [3.05, 3.63) is 24.3 Å². The van der Waals surface area contributed by atoms with Crippen molar-refractivity contribution in [2.24, 2.45) is 17.3 Å². The first-order valence-corrected chi connectivity index (χ1v) is 8.33. The molecule has 1 fully saturated rings. The van der Waals surface area contributed by atoms with Gasteiger partial charge in [-0.1, -0.05) is 18.2 Å². The number of fused-ring (bicyclic) bond motifs is 1. The van der Waals surface area contributed by atoms with Gasteiger partial charge in [-0.15, -0.1) is 10.2 Å². The van der Waals surface area contributed by atoms with Crippen molar-refractivity contribution < 1.29 is 9.84 Å². The minimum absolute atomic E-state index is 0.0797. The van der Waals surface area contributed by atoms with E-state index in [4.69, 9.17) is 17.0 Å². The molecule has 2 N–H and O–H groups in total. The maximum absolute atomic E-state index is 10.2. The quantitative estimate of drug-likeness (QED) is 0.655. The van der Waals surface area contributed by atoms with E-state index in [1.54, 1.807) is 11.6 Å². The van der Waals surface area contributed by atoms with E-state index in [1.807, 2.05) is 24.3 Å². The Hall–Kier alpha value is -2.03. The SMILES string of the molecule is Cn1c(O)c(N=NC(=S)NCCN2CCOCC2)c2ccccc21. The molecule has 128 valence electrons. The number of thiocarbonyl (C=S) groups is 1. The molecule has 0 atom stereocenters. The van der Waals surface area contributed by atoms with Crippen molar-refractivity contribution in [3.8, 4) is 5.88 Å². The lowest BCUT2D eigenvalue weighted by molar-refractivity contribution is 0.0389. The molecule has 1 aromatic heterocycles. The van der Waals surface area contributed by atoms with Gasteiger partial charge in [0.2, 0.25) is 11.0 Å². The monoisotopic (exact) mass is 347 g/mol. The number of hydrogen-bond acceptors (Lipinski definition) is 5. The van der Waals surface area contributed by atoms with Crippen LogP contribution in [0, 0.1) is 0 Å². The second kappa shape index (κ2) is 7.69. The summed E-state index contributed by atoms with van der Waals surface area (Å²) < 4.78 is 7.00. The third-order valence-corrected chi connectivity index (χ3v) is 4.32. The Bertz CT molecular complexity index is 752. The largest absolute Gasteiger partial charge is 0.493 e. The number of aromatic hydroxyl groups is 1. The Labute approximate surface area is 145 Å². The number of hydrogen-bond donors (Lipinski definition) is 2. The Balaban J connectivity index is 1.59. The summed E-state index contributed by atoms with van der Waals surface area (Å²) in [5.74, 6) is 0.0797. The second-order valence-corrected chi connectivity index (χ2v) is 6.02. The molecule has 3 rings (SSSR count). The molecular formula is C16H21N5O2S. The van der Waals surface area contributed by atoms with Gasteiger partial charge in [0, 0.05) is 38.6 Å². The molecule has 2 heterocycles. The van der Waals surface area contributed by atoms with Crippen LogP contribution in [-0.2, 0) is 11.8 Å². The number of aromatic nitrogens is 1. The second-order valence-electron chi connectivity index (χ2n) is 5.63. The molecule has 1 aliphatic heterocycles. The summed E-state index contributed by atoms with van der Waals surface area (Å²) in [7, 11) is 1.79. The number of azo groups is 1. The Kier molecular flexibility index (Phi) is 5.39. The van der Waals surface area contributed by atoms with Crippen LogP contribution in [0.5, 0.6) is 5.88 Å². The molecule has 0 spiro atoms. The van der Waals surface area contributed by atoms with E-state index in [2.05, 4.69) is 20.4 Å². The Morgan fingerprint density at radius 2 is 2.08 bits per heavy atom. The van der Waals surface area contributed by atoms with Crippen LogP contribution in [0.2, 0.25) is 0 Å². The third kappa shape index (κ3) is 3.72. The van der Waals surface area contributed by atoms with Crippen LogP contribution in [-0.4, -0.2) is 59.1 Å². The number of nitrogens with one attached hydrogen (secondary N) is 1. The maximum atomic E-state index is 10.2. The number of morpholine rings is 1. The highest BCUT2D eigenvalue weighted by Crippen LogP contribution is 2.37. The summed E-state index contributed by atoms with van der Waals surface area (Å²) in [5, 5.41) is 22.6. The highest BCUT2D eigenvalue weighted by molar-refractivity contribution is 7.80. The number of ether oxygens (including phenoxy) is 1. The Morgan fingerprint density at radius 3 is 2.88 bits per heavy atom. The van der Waals surface area contributed by atoms with Gasteiger partial charge in [-0.2, -0.15) is 0 Å². The smallest absolute Gasteiger partial charge is 0.220 e. The van der Waals surface area contributed by atoms with E-state index < -0.39 is 0 Å². The van der Waals surface area contributed by atoms with Crippen LogP contribution < -0.4 is 5.32 Å². The molecule has 1 aliphatic rings. The molecule has 0 radical (unpaired) electrons. The standard InChI is InChI=1S/C16H21N5O2S/c1-20-13-5-3-2-4-12(13)14(15(20)22)18-19-16(24)17-6-7-21-8-10-23-11-9-21/h2-5,22H,6-11H2,1H3,(H,17,24). The lowest BCUT2D eigenvalue weighted by Crippen LogP contribution is -2.40. The van der Waals surface area contributed by atoms with E-state index in [9.17, 15) is 5.11 Å². The predicted octanol–water partition coefficient (Wildman–Crippen LogP) is 2.17. The van der Waals surface area contributed by atoms with E-state index in [1.165, 1.54) is 0 Å². The van der Waals surface area contributed by atoms with Crippen LogP contribution in [0.3, 0.4) is 0 Å². The van der Waals surface area contributed by atoms with Gasteiger partial charge in [0.25, 0.3) is 0 Å². The third-order valence-electron chi connectivity index (χ3n) is 4.10. The van der Waals surface area contributed by atoms with E-state index in [0.29, 0.717) is 17.3 Å². The fraction of sp³-hybridized carbons (Fsp3) is 0.438. The molecule has 2 aromatic rings. The molecule has 1 aromatic carbocycles. The van der Waals surface area contributed by atoms with Crippen molar-refractivity contribution in [1.29, 1.82) is 0 Å². The van der Waals surface area contributed by atoms with E-state index in [-0.39, 0.29) is 5.88 Å². The zero-order chi connectivity index (χ0) is 16.9. The summed E-state index contributed by atoms with van der Waals surface area (Å²) in [5.41, 5.74) is 1.33. The van der Waals surface area contributed by atoms with Crippen LogP contribution in [0.25, 0.3) is 10.9 Å². The lowest BCUT2D eigenvalue weighted by Gasteiger charge is -2.26. The van der Waals surface area contributed by atoms with Gasteiger partial charge in [0.1, 0.15) is 0 Å². The highest BCUT2D eigenvalue weighted by atomic mass is 32.1. The molecule has 1 saturated heterocycles. The van der Waals surface area contributed by atoms with Crippen molar-refractivity contribution in [1.82, 2.24) is 14.8 Å². The van der Waals surface area contributed by atoms with Gasteiger partial charge < -0.3 is 19.7 Å². The molecule has 24 heavy (non-hydrogen) atoms. The summed E-state index contributed by atoms with van der Waals surface area (Å²) in [4.78, 5) is 2.31. The first-order valence-electron chi connectivity index (χ1n) is 7.93. The fourth-order valence-corrected chi connectivity index (χ4v) is 2.88. The first-order chi connectivity index (χ1) is 11.7. The number of rotatable bonds is 4. The summed E-state index contributed by atoms with van der Waals surface area (Å²) >= 11 is 5.19. The molecular weight excluding hydrogens is 326 g/mol. The minimum Gasteiger partial charge on any atom is -0.493 e. The topological polar surface area (TPSA) is 74.4 Å². The highest BCUT2D eigenvalue weighted by Gasteiger charge is 2.13. The molecule has 0 aliphatic carbocycles. The molecule has 7 nitrogen and oxygen atoms in total. The zero-order valence-electron chi connectivity index (χ0n) is 13.6. The number of aryl methyl sites for hydroxylation is 1. The fourth-order valence-electron chi connectivity index (χ4n) is 2.73. The van der Waals surface area contributed by atoms with Crippen molar-refractivity contribution in [3.63, 3.8) is 0 Å². The molecule has 0 saturated carbocycles. The van der Waals surface area contributed by atoms with Crippen LogP contribution in [0.4, 0.5) is 5.69 Å². The zero-order valence-corrected chi connectivity index (χ0v) is 14.4. The number of benzene rings is 1. The van der Waals surface area contributed by atoms with Crippen molar-refractivity contribution in [2.45, 2.75) is 0 Å². The lowest BCUT2D eigenvalue weighted by atomic mass is 10.2. The summed E-state index contributed by atoms with van der Waals surface area (Å²) in [6.45, 7) is 5.05. The van der Waals surface area contributed by atoms with Crippen LogP contribution >= 0.6 is 12.2 Å². The van der Waals surface area contributed by atoms with Gasteiger partial charge in [0.05, 0.1) is 18.7 Å². The molecule has 0 unspecified atom stereocenters. The van der Waals surface area contributed by atoms with Gasteiger partial charge >= 0.3 is 0 Å². The molecule has 8 heteroatoms. The van der Waals surface area contributed by atoms with Crippen molar-refractivity contribution in [2.75, 3.05) is 39.4 Å². The van der Waals surface area contributed by atoms with Crippen LogP contribution in [0.1, 0.15) is 0 Å². The van der Waals surface area contributed by atoms with Gasteiger partial charge in [-0.25, -0.2) is 0 Å². The van der Waals surface area contributed by atoms with Gasteiger partial charge in [0.15, 0.2) is 5.69 Å². The predicted molar refractivity (Wildman–Crippen MR) is 97.0 cm³/mol. The van der Waals surface area contributed by atoms with Crippen molar-refractivity contribution >= 4 is 33.9 Å². The van der Waals surface area contributed by atoms with E-state index in [0.717, 1.165) is 43.8 Å². The van der Waals surface area contributed by atoms with Gasteiger partial charge in [-0.3, -0.25) is 4.90 Å². The maximum Gasteiger partial charge on any atom is 0.220 e. The van der Waals surface area contributed by atoms with Gasteiger partial charge in [-0.05, 0) is 18.3 Å². The average molecular weight is 347 g/mol. The first kappa shape index (κ1) is 16.8. The van der Waals surface area contributed by atoms with E-state index >= 15 is 0 Å². The normalized spacial score (nSPS) is 16.0. The number of para-hydroxylation sites is 1. The molecule has 0 amide bonds. The molecule has 0 bridgehead atoms. The average Bonchev–Trinajstić information content (AvgIpc) is 2.85. The summed E-state index contributed by atoms with van der Waals surface area (Å²) in [6.07, 6.45) is 0. The van der Waals surface area contributed by atoms with Crippen LogP contribution in [0.15, 0.2) is 34.5 Å².